The molecule has 4 aliphatic rings. The van der Waals surface area contributed by atoms with Crippen LogP contribution in [0.25, 0.3) is 0 Å². The molecular formula is C46H70N6O7. The lowest BCUT2D eigenvalue weighted by Crippen LogP contribution is -2.56. The third-order valence-corrected chi connectivity index (χ3v) is 12.6. The predicted molar refractivity (Wildman–Crippen MR) is 231 cm³/mol. The monoisotopic (exact) mass is 819 g/mol. The van der Waals surface area contributed by atoms with E-state index in [1.165, 1.54) is 12.8 Å². The maximum absolute atomic E-state index is 14.2. The number of fused-ring (bicyclic) bond motifs is 1. The van der Waals surface area contributed by atoms with Gasteiger partial charge in [-0.2, -0.15) is 0 Å². The summed E-state index contributed by atoms with van der Waals surface area (Å²) in [5.74, 6) is -0.0545. The van der Waals surface area contributed by atoms with Gasteiger partial charge in [-0.05, 0) is 107 Å². The highest BCUT2D eigenvalue weighted by Crippen LogP contribution is 2.27. The number of hydrogen-bond donors (Lipinski definition) is 2. The molecule has 326 valence electrons. The maximum Gasteiger partial charge on any atom is 0.410 e. The zero-order chi connectivity index (χ0) is 41.0. The van der Waals surface area contributed by atoms with Crippen LogP contribution in [0.4, 0.5) is 15.3 Å². The molecule has 6 rings (SSSR count). The molecule has 1 atom stereocenters. The van der Waals surface area contributed by atoms with Crippen LogP contribution in [-0.2, 0) is 31.9 Å². The van der Waals surface area contributed by atoms with Gasteiger partial charge >= 0.3 is 18.1 Å². The molecule has 59 heavy (non-hydrogen) atoms. The van der Waals surface area contributed by atoms with E-state index in [1.54, 1.807) is 4.90 Å². The highest BCUT2D eigenvalue weighted by Gasteiger charge is 2.36. The van der Waals surface area contributed by atoms with Gasteiger partial charge in [0, 0.05) is 76.4 Å². The smallest absolute Gasteiger partial charge is 0.410 e. The van der Waals surface area contributed by atoms with Crippen molar-refractivity contribution in [1.29, 1.82) is 0 Å². The normalized spacial score (nSPS) is 19.0. The Morgan fingerprint density at radius 2 is 1.51 bits per heavy atom. The minimum absolute atomic E-state index is 0. The van der Waals surface area contributed by atoms with Crippen LogP contribution in [-0.4, -0.2) is 144 Å². The number of carbonyl (C=O) groups is 4. The van der Waals surface area contributed by atoms with E-state index in [4.69, 9.17) is 9.47 Å². The lowest BCUT2D eigenvalue weighted by Gasteiger charge is -2.43. The number of hydrogen-bond acceptors (Lipinski definition) is 9. The average molecular weight is 819 g/mol. The number of amides is 4. The number of benzene rings is 2. The minimum atomic E-state index is -1.00. The fourth-order valence-corrected chi connectivity index (χ4v) is 9.10. The first-order chi connectivity index (χ1) is 28.1. The Labute approximate surface area is 352 Å². The molecule has 0 spiro atoms. The van der Waals surface area contributed by atoms with Crippen molar-refractivity contribution < 1.29 is 33.8 Å². The Hall–Kier alpha value is -4.36. The number of urea groups is 1. The summed E-state index contributed by atoms with van der Waals surface area (Å²) in [6.45, 7) is 13.4. The summed E-state index contributed by atoms with van der Waals surface area (Å²) in [4.78, 5) is 63.6. The van der Waals surface area contributed by atoms with Gasteiger partial charge in [-0.15, -0.1) is 0 Å². The lowest BCUT2D eigenvalue weighted by atomic mass is 10.00. The van der Waals surface area contributed by atoms with Crippen LogP contribution in [0.2, 0.25) is 0 Å². The first-order valence-electron chi connectivity index (χ1n) is 21.9. The number of anilines is 1. The number of unbranched alkanes of at least 4 members (excludes halogenated alkanes) is 3. The Kier molecular flexibility index (Phi) is 17.3. The molecule has 13 nitrogen and oxygen atoms in total. The molecular weight excluding hydrogens is 749 g/mol. The third-order valence-electron chi connectivity index (χ3n) is 12.6. The Morgan fingerprint density at radius 1 is 0.831 bits per heavy atom. The largest absolute Gasteiger partial charge is 0.507 e. The van der Waals surface area contributed by atoms with Crippen LogP contribution >= 0.6 is 0 Å². The third kappa shape index (κ3) is 12.6. The highest BCUT2D eigenvalue weighted by atomic mass is 16.6. The van der Waals surface area contributed by atoms with Gasteiger partial charge in [0.05, 0.1) is 6.61 Å². The van der Waals surface area contributed by atoms with Crippen LogP contribution in [0, 0.1) is 13.8 Å². The van der Waals surface area contributed by atoms with E-state index >= 15 is 0 Å². The van der Waals surface area contributed by atoms with Crippen LogP contribution in [0.15, 0.2) is 36.4 Å². The molecule has 0 radical (unpaired) electrons. The second-order valence-electron chi connectivity index (χ2n) is 16.7. The second-order valence-corrected chi connectivity index (χ2v) is 16.7. The molecule has 2 N–H and O–H groups in total. The van der Waals surface area contributed by atoms with Gasteiger partial charge in [-0.25, -0.2) is 9.59 Å². The van der Waals surface area contributed by atoms with Gasteiger partial charge < -0.3 is 39.5 Å². The van der Waals surface area contributed by atoms with Gasteiger partial charge in [0.2, 0.25) is 0 Å². The van der Waals surface area contributed by atoms with Crippen molar-refractivity contribution in [3.05, 3.63) is 58.7 Å². The fourth-order valence-electron chi connectivity index (χ4n) is 9.10. The van der Waals surface area contributed by atoms with Crippen molar-refractivity contribution in [3.63, 3.8) is 0 Å². The standard InChI is InChI=1S/C45H66N6O7.CH4/c1-4-5-6-9-29-57-41(52)13-10-19-47-20-15-37(16-21-47)48-25-27-49(28-26-48)43(54)40(32-35-30-33(2)42(53)34(3)31-35)58-45(56)50-22-17-38(18-23-50)51-24-14-36-11-7-8-12-39(36)46-44(51)55;/h7-8,11-12,30-31,37-38,40,53H,4-6,9-10,13-29,32H2,1-3H3,(H,46,55);1H4/t40-;/m1./s1. The Morgan fingerprint density at radius 3 is 2.20 bits per heavy atom. The van der Waals surface area contributed by atoms with Gasteiger partial charge in [0.25, 0.3) is 5.91 Å². The van der Waals surface area contributed by atoms with Crippen molar-refractivity contribution in [2.45, 2.75) is 123 Å². The summed E-state index contributed by atoms with van der Waals surface area (Å²) in [5.41, 5.74) is 4.23. The van der Waals surface area contributed by atoms with E-state index in [9.17, 15) is 24.3 Å². The van der Waals surface area contributed by atoms with E-state index in [2.05, 4.69) is 22.0 Å². The number of rotatable bonds is 15. The van der Waals surface area contributed by atoms with Crippen LogP contribution in [0.1, 0.15) is 101 Å². The van der Waals surface area contributed by atoms with E-state index in [1.807, 2.05) is 60.0 Å². The summed E-state index contributed by atoms with van der Waals surface area (Å²) in [5, 5.41) is 13.5. The molecule has 3 fully saturated rings. The zero-order valence-corrected chi connectivity index (χ0v) is 35.1. The van der Waals surface area contributed by atoms with Crippen LogP contribution in [0.3, 0.4) is 0 Å². The van der Waals surface area contributed by atoms with Crippen molar-refractivity contribution in [3.8, 4) is 5.75 Å². The maximum atomic E-state index is 14.2. The van der Waals surface area contributed by atoms with E-state index in [-0.39, 0.29) is 43.5 Å². The number of phenolic OH excluding ortho intramolecular Hbond substituents is 1. The van der Waals surface area contributed by atoms with Gasteiger partial charge in [-0.1, -0.05) is 63.9 Å². The summed E-state index contributed by atoms with van der Waals surface area (Å²) in [6, 6.07) is 12.0. The van der Waals surface area contributed by atoms with Crippen molar-refractivity contribution in [1.82, 2.24) is 24.5 Å². The molecule has 2 aromatic rings. The number of para-hydroxylation sites is 1. The van der Waals surface area contributed by atoms with Gasteiger partial charge in [0.1, 0.15) is 5.75 Å². The number of ether oxygens (including phenoxy) is 2. The Bertz CT molecular complexity index is 1680. The van der Waals surface area contributed by atoms with Crippen molar-refractivity contribution in [2.24, 2.45) is 0 Å². The molecule has 3 saturated heterocycles. The van der Waals surface area contributed by atoms with Gasteiger partial charge in [0.15, 0.2) is 6.10 Å². The first kappa shape index (κ1) is 45.7. The number of carbonyl (C=O) groups excluding carboxylic acids is 4. The zero-order valence-electron chi connectivity index (χ0n) is 35.1. The molecule has 0 aromatic heterocycles. The molecule has 4 heterocycles. The van der Waals surface area contributed by atoms with Crippen LogP contribution in [0.5, 0.6) is 5.75 Å². The first-order valence-corrected chi connectivity index (χ1v) is 21.9. The number of aryl methyl sites for hydroxylation is 2. The van der Waals surface area contributed by atoms with Crippen molar-refractivity contribution in [2.75, 3.05) is 77.4 Å². The molecule has 4 amide bonds. The second kappa shape index (κ2) is 22.3. The molecule has 0 unspecified atom stereocenters. The minimum Gasteiger partial charge on any atom is -0.507 e. The van der Waals surface area contributed by atoms with Crippen LogP contribution < -0.4 is 5.32 Å². The molecule has 0 aliphatic carbocycles. The number of likely N-dealkylation sites (tertiary alicyclic amines) is 2. The summed E-state index contributed by atoms with van der Waals surface area (Å²) in [6.07, 6.45) is 8.54. The number of esters is 1. The SMILES string of the molecule is C.CCCCCCOC(=O)CCCN1CCC(N2CCN(C(=O)[C@@H](Cc3cc(C)c(O)c(C)c3)OC(=O)N3CCC(N4CCc5ccccc5NC4=O)CC3)CC2)CC1. The summed E-state index contributed by atoms with van der Waals surface area (Å²) < 4.78 is 11.5. The topological polar surface area (TPSA) is 135 Å². The molecule has 0 bridgehead atoms. The molecule has 13 heteroatoms. The summed E-state index contributed by atoms with van der Waals surface area (Å²) in [7, 11) is 0. The summed E-state index contributed by atoms with van der Waals surface area (Å²) >= 11 is 0. The number of aromatic hydroxyl groups is 1. The fraction of sp³-hybridized carbons (Fsp3) is 0.652. The number of piperidine rings is 2. The quantitative estimate of drug-likeness (QED) is 0.148. The van der Waals surface area contributed by atoms with E-state index in [0.29, 0.717) is 75.8 Å². The lowest BCUT2D eigenvalue weighted by molar-refractivity contribution is -0.144. The molecule has 0 saturated carbocycles. The highest BCUT2D eigenvalue weighted by molar-refractivity contribution is 5.91. The number of nitrogens with one attached hydrogen (secondary N) is 1. The number of nitrogens with zero attached hydrogens (tertiary/aromatic N) is 5. The van der Waals surface area contributed by atoms with Crippen molar-refractivity contribution >= 4 is 29.7 Å². The molecule has 4 aliphatic heterocycles. The van der Waals surface area contributed by atoms with E-state index in [0.717, 1.165) is 88.1 Å². The van der Waals surface area contributed by atoms with E-state index < -0.39 is 12.2 Å². The molecule has 2 aromatic carbocycles. The predicted octanol–water partition coefficient (Wildman–Crippen LogP) is 6.76. The number of phenols is 1. The average Bonchev–Trinajstić information content (AvgIpc) is 3.40. The Balaban J connectivity index is 0.00000661. The number of piperazine rings is 1. The van der Waals surface area contributed by atoms with Gasteiger partial charge in [-0.3, -0.25) is 14.5 Å².